The van der Waals surface area contributed by atoms with E-state index in [2.05, 4.69) is 5.32 Å². The van der Waals surface area contributed by atoms with Gasteiger partial charge in [-0.1, -0.05) is 43.3 Å². The van der Waals surface area contributed by atoms with E-state index < -0.39 is 11.9 Å². The van der Waals surface area contributed by atoms with E-state index in [0.717, 1.165) is 0 Å². The van der Waals surface area contributed by atoms with Gasteiger partial charge in [-0.2, -0.15) is 0 Å². The number of benzene rings is 2. The lowest BCUT2D eigenvalue weighted by Crippen LogP contribution is -2.17. The minimum Gasteiger partial charge on any atom is -0.462 e. The van der Waals surface area contributed by atoms with Crippen LogP contribution in [0.15, 0.2) is 66.4 Å². The van der Waals surface area contributed by atoms with Gasteiger partial charge in [-0.05, 0) is 31.5 Å². The summed E-state index contributed by atoms with van der Waals surface area (Å²) in [4.78, 5) is 36.5. The van der Waals surface area contributed by atoms with Crippen molar-refractivity contribution in [3.63, 3.8) is 0 Å². The van der Waals surface area contributed by atoms with Crippen molar-refractivity contribution in [2.45, 2.75) is 33.3 Å². The quantitative estimate of drug-likeness (QED) is 0.280. The summed E-state index contributed by atoms with van der Waals surface area (Å²) in [7, 11) is 0. The van der Waals surface area contributed by atoms with Crippen LogP contribution in [-0.2, 0) is 25.7 Å². The first-order chi connectivity index (χ1) is 14.1. The third kappa shape index (κ3) is 6.60. The first-order valence-corrected chi connectivity index (χ1v) is 9.53. The van der Waals surface area contributed by atoms with Crippen LogP contribution in [0.1, 0.15) is 42.6 Å². The highest BCUT2D eigenvalue weighted by molar-refractivity contribution is 6.17. The molecule has 0 heterocycles. The lowest BCUT2D eigenvalue weighted by molar-refractivity contribution is -0.140. The molecule has 0 unspecified atom stereocenters. The zero-order valence-corrected chi connectivity index (χ0v) is 16.6. The monoisotopic (exact) mass is 395 g/mol. The zero-order valence-electron chi connectivity index (χ0n) is 16.6. The molecule has 0 radical (unpaired) electrons. The van der Waals surface area contributed by atoms with Gasteiger partial charge in [0, 0.05) is 23.9 Å². The van der Waals surface area contributed by atoms with Crippen molar-refractivity contribution in [1.82, 2.24) is 0 Å². The summed E-state index contributed by atoms with van der Waals surface area (Å²) >= 11 is 0. The van der Waals surface area contributed by atoms with E-state index in [-0.39, 0.29) is 31.0 Å². The van der Waals surface area contributed by atoms with Gasteiger partial charge >= 0.3 is 11.9 Å². The van der Waals surface area contributed by atoms with Gasteiger partial charge in [-0.3, -0.25) is 4.79 Å². The molecular weight excluding hydrogens is 370 g/mol. The molecule has 0 atom stereocenters. The minimum absolute atomic E-state index is 0.0372. The Kier molecular flexibility index (Phi) is 8.63. The zero-order chi connectivity index (χ0) is 21.1. The summed E-state index contributed by atoms with van der Waals surface area (Å²) in [6.45, 7) is 3.78. The van der Waals surface area contributed by atoms with Crippen LogP contribution < -0.4 is 5.32 Å². The number of esters is 2. The predicted octanol–water partition coefficient (Wildman–Crippen LogP) is 4.27. The molecule has 0 saturated carbocycles. The molecule has 6 nitrogen and oxygen atoms in total. The molecule has 0 aliphatic heterocycles. The Bertz CT molecular complexity index is 854. The molecule has 0 fully saturated rings. The fourth-order valence-corrected chi connectivity index (χ4v) is 2.56. The van der Waals surface area contributed by atoms with E-state index in [1.807, 2.05) is 19.1 Å². The number of rotatable bonds is 10. The van der Waals surface area contributed by atoms with Crippen LogP contribution >= 0.6 is 0 Å². The lowest BCUT2D eigenvalue weighted by Gasteiger charge is -2.12. The molecule has 0 aliphatic carbocycles. The van der Waals surface area contributed by atoms with E-state index in [1.54, 1.807) is 49.4 Å². The van der Waals surface area contributed by atoms with Crippen molar-refractivity contribution in [2.24, 2.45) is 0 Å². The first kappa shape index (κ1) is 21.9. The van der Waals surface area contributed by atoms with E-state index in [1.165, 1.54) is 6.20 Å². The van der Waals surface area contributed by atoms with Crippen LogP contribution in [0, 0.1) is 0 Å². The largest absolute Gasteiger partial charge is 0.462 e. The van der Waals surface area contributed by atoms with E-state index in [0.29, 0.717) is 23.2 Å². The summed E-state index contributed by atoms with van der Waals surface area (Å²) in [6, 6.07) is 15.9. The minimum atomic E-state index is -0.661. The lowest BCUT2D eigenvalue weighted by atomic mass is 10.1. The van der Waals surface area contributed by atoms with Crippen LogP contribution in [0.25, 0.3) is 0 Å². The van der Waals surface area contributed by atoms with Gasteiger partial charge in [0.05, 0.1) is 12.2 Å². The van der Waals surface area contributed by atoms with Crippen molar-refractivity contribution < 1.29 is 23.9 Å². The second-order valence-electron chi connectivity index (χ2n) is 6.20. The molecular formula is C23H25NO5. The Morgan fingerprint density at radius 2 is 1.62 bits per heavy atom. The molecule has 2 aromatic rings. The fraction of sp³-hybridized carbons (Fsp3) is 0.261. The van der Waals surface area contributed by atoms with Gasteiger partial charge in [-0.15, -0.1) is 0 Å². The number of hydrogen-bond donors (Lipinski definition) is 1. The molecule has 29 heavy (non-hydrogen) atoms. The Morgan fingerprint density at radius 3 is 2.31 bits per heavy atom. The van der Waals surface area contributed by atoms with E-state index >= 15 is 0 Å². The maximum atomic E-state index is 12.3. The van der Waals surface area contributed by atoms with Crippen molar-refractivity contribution in [3.8, 4) is 0 Å². The Balaban J connectivity index is 2.13. The summed E-state index contributed by atoms with van der Waals surface area (Å²) in [5.41, 5.74) is 1.76. The van der Waals surface area contributed by atoms with Gasteiger partial charge in [0.25, 0.3) is 0 Å². The molecule has 0 aromatic heterocycles. The van der Waals surface area contributed by atoms with Gasteiger partial charge in [0.15, 0.2) is 5.78 Å². The van der Waals surface area contributed by atoms with Crippen LogP contribution in [0.5, 0.6) is 0 Å². The number of carbonyl (C=O) groups excluding carboxylic acids is 3. The number of ether oxygens (including phenoxy) is 2. The van der Waals surface area contributed by atoms with Gasteiger partial charge < -0.3 is 14.8 Å². The third-order valence-corrected chi connectivity index (χ3v) is 4.03. The predicted molar refractivity (Wildman–Crippen MR) is 110 cm³/mol. The maximum Gasteiger partial charge on any atom is 0.343 e. The van der Waals surface area contributed by atoms with Crippen LogP contribution in [0.4, 0.5) is 5.69 Å². The molecule has 152 valence electrons. The number of carbonyl (C=O) groups is 3. The number of ketones is 1. The fourth-order valence-electron chi connectivity index (χ4n) is 2.56. The molecule has 6 heteroatoms. The Hall–Kier alpha value is -3.41. The Labute approximate surface area is 170 Å². The first-order valence-electron chi connectivity index (χ1n) is 9.53. The molecule has 0 spiro atoms. The number of para-hydroxylation sites is 1. The van der Waals surface area contributed by atoms with Crippen molar-refractivity contribution in [3.05, 3.63) is 77.5 Å². The number of hydrogen-bond acceptors (Lipinski definition) is 6. The SMILES string of the molecule is CCCC(=O)C(=CNc1ccccc1COC(=O)c1ccccc1)C(=O)OCC. The summed E-state index contributed by atoms with van der Waals surface area (Å²) in [5, 5.41) is 2.98. The van der Waals surface area contributed by atoms with Crippen LogP contribution in [-0.4, -0.2) is 24.3 Å². The molecule has 0 aliphatic rings. The third-order valence-electron chi connectivity index (χ3n) is 4.03. The van der Waals surface area contributed by atoms with Gasteiger partial charge in [-0.25, -0.2) is 9.59 Å². The second kappa shape index (κ2) is 11.4. The van der Waals surface area contributed by atoms with Crippen molar-refractivity contribution in [1.29, 1.82) is 0 Å². The standard InChI is InChI=1S/C23H25NO5/c1-3-10-21(25)19(23(27)28-4-2)15-24-20-14-9-8-13-18(20)16-29-22(26)17-11-6-5-7-12-17/h5-9,11-15,24H,3-4,10,16H2,1-2H3. The molecule has 0 bridgehead atoms. The summed E-state index contributed by atoms with van der Waals surface area (Å²) in [6.07, 6.45) is 2.23. The molecule has 1 N–H and O–H groups in total. The molecule has 0 saturated heterocycles. The van der Waals surface area contributed by atoms with Crippen molar-refractivity contribution in [2.75, 3.05) is 11.9 Å². The van der Waals surface area contributed by atoms with Crippen LogP contribution in [0.3, 0.4) is 0 Å². The molecule has 0 amide bonds. The van der Waals surface area contributed by atoms with Crippen LogP contribution in [0.2, 0.25) is 0 Å². The second-order valence-corrected chi connectivity index (χ2v) is 6.20. The average molecular weight is 395 g/mol. The highest BCUT2D eigenvalue weighted by atomic mass is 16.5. The highest BCUT2D eigenvalue weighted by Gasteiger charge is 2.19. The molecule has 2 aromatic carbocycles. The van der Waals surface area contributed by atoms with Gasteiger partial charge in [0.1, 0.15) is 12.2 Å². The topological polar surface area (TPSA) is 81.7 Å². The smallest absolute Gasteiger partial charge is 0.343 e. The maximum absolute atomic E-state index is 12.3. The summed E-state index contributed by atoms with van der Waals surface area (Å²) in [5.74, 6) is -1.38. The molecule has 2 rings (SSSR count). The number of Topliss-reactive ketones (excluding diaryl/α,β-unsaturated/α-hetero) is 1. The number of nitrogens with one attached hydrogen (secondary N) is 1. The van der Waals surface area contributed by atoms with Crippen molar-refractivity contribution >= 4 is 23.4 Å². The summed E-state index contributed by atoms with van der Waals surface area (Å²) < 4.78 is 10.4. The number of anilines is 1. The average Bonchev–Trinajstić information content (AvgIpc) is 2.74. The Morgan fingerprint density at radius 1 is 0.931 bits per heavy atom. The van der Waals surface area contributed by atoms with E-state index in [9.17, 15) is 14.4 Å². The highest BCUT2D eigenvalue weighted by Crippen LogP contribution is 2.18. The van der Waals surface area contributed by atoms with E-state index in [4.69, 9.17) is 9.47 Å². The normalized spacial score (nSPS) is 10.9. The van der Waals surface area contributed by atoms with Gasteiger partial charge in [0.2, 0.25) is 0 Å².